The van der Waals surface area contributed by atoms with Crippen molar-refractivity contribution in [3.8, 4) is 5.75 Å². The fourth-order valence-electron chi connectivity index (χ4n) is 1.79. The number of methoxy groups -OCH3 is 1. The summed E-state index contributed by atoms with van der Waals surface area (Å²) in [5, 5.41) is 11.9. The van der Waals surface area contributed by atoms with Crippen LogP contribution in [0.4, 0.5) is 10.1 Å². The van der Waals surface area contributed by atoms with Crippen molar-refractivity contribution in [2.24, 2.45) is 0 Å². The predicted molar refractivity (Wildman–Crippen MR) is 73.7 cm³/mol. The Hall–Kier alpha value is -2.56. The molecular weight excluding hydrogens is 261 g/mol. The van der Waals surface area contributed by atoms with Crippen molar-refractivity contribution in [2.45, 2.75) is 6.54 Å². The zero-order valence-corrected chi connectivity index (χ0v) is 10.9. The molecule has 0 radical (unpaired) electrons. The van der Waals surface area contributed by atoms with Crippen LogP contribution in [-0.4, -0.2) is 18.2 Å². The Morgan fingerprint density at radius 3 is 2.75 bits per heavy atom. The largest absolute Gasteiger partial charge is 0.494 e. The molecule has 5 heteroatoms. The van der Waals surface area contributed by atoms with Gasteiger partial charge in [0.2, 0.25) is 0 Å². The number of anilines is 1. The number of halogens is 1. The van der Waals surface area contributed by atoms with Crippen molar-refractivity contribution < 1.29 is 19.0 Å². The van der Waals surface area contributed by atoms with Gasteiger partial charge >= 0.3 is 5.97 Å². The minimum Gasteiger partial charge on any atom is -0.494 e. The summed E-state index contributed by atoms with van der Waals surface area (Å²) in [6.45, 7) is 0.393. The Balaban J connectivity index is 2.07. The maximum Gasteiger partial charge on any atom is 0.335 e. The maximum absolute atomic E-state index is 13.5. The fourth-order valence-corrected chi connectivity index (χ4v) is 1.79. The predicted octanol–water partition coefficient (Wildman–Crippen LogP) is 3.14. The Morgan fingerprint density at radius 2 is 2.10 bits per heavy atom. The van der Waals surface area contributed by atoms with E-state index in [9.17, 15) is 9.18 Å². The van der Waals surface area contributed by atoms with Gasteiger partial charge in [-0.2, -0.15) is 0 Å². The van der Waals surface area contributed by atoms with Crippen molar-refractivity contribution in [2.75, 3.05) is 12.4 Å². The normalized spacial score (nSPS) is 10.1. The van der Waals surface area contributed by atoms with E-state index in [-0.39, 0.29) is 11.3 Å². The molecule has 0 aromatic heterocycles. The Morgan fingerprint density at radius 1 is 1.30 bits per heavy atom. The summed E-state index contributed by atoms with van der Waals surface area (Å²) in [4.78, 5) is 10.9. The number of carboxylic acids is 1. The van der Waals surface area contributed by atoms with E-state index in [2.05, 4.69) is 5.32 Å². The first-order valence-corrected chi connectivity index (χ1v) is 6.00. The second-order valence-corrected chi connectivity index (χ2v) is 4.21. The van der Waals surface area contributed by atoms with E-state index in [0.29, 0.717) is 12.2 Å². The third kappa shape index (κ3) is 3.26. The molecule has 0 fully saturated rings. The lowest BCUT2D eigenvalue weighted by molar-refractivity contribution is 0.0697. The molecular formula is C15H14FNO3. The van der Waals surface area contributed by atoms with Crippen molar-refractivity contribution in [3.63, 3.8) is 0 Å². The number of aromatic carboxylic acids is 1. The monoisotopic (exact) mass is 275 g/mol. The minimum atomic E-state index is -0.982. The average molecular weight is 275 g/mol. The molecule has 0 aliphatic heterocycles. The third-order valence-electron chi connectivity index (χ3n) is 2.82. The van der Waals surface area contributed by atoms with Gasteiger partial charge in [0.25, 0.3) is 0 Å². The number of rotatable bonds is 5. The Kier molecular flexibility index (Phi) is 4.20. The molecule has 0 saturated carbocycles. The zero-order valence-electron chi connectivity index (χ0n) is 10.9. The molecule has 0 heterocycles. The average Bonchev–Trinajstić information content (AvgIpc) is 2.45. The van der Waals surface area contributed by atoms with Gasteiger partial charge in [0.15, 0.2) is 11.6 Å². The van der Waals surface area contributed by atoms with Crippen molar-refractivity contribution >= 4 is 11.7 Å². The molecule has 4 nitrogen and oxygen atoms in total. The van der Waals surface area contributed by atoms with Gasteiger partial charge in [-0.05, 0) is 35.9 Å². The van der Waals surface area contributed by atoms with Crippen LogP contribution in [0.25, 0.3) is 0 Å². The van der Waals surface area contributed by atoms with E-state index in [1.165, 1.54) is 25.3 Å². The molecule has 2 aromatic rings. The van der Waals surface area contributed by atoms with Crippen LogP contribution in [0.1, 0.15) is 15.9 Å². The minimum absolute atomic E-state index is 0.196. The van der Waals surface area contributed by atoms with Gasteiger partial charge in [-0.25, -0.2) is 9.18 Å². The van der Waals surface area contributed by atoms with Crippen molar-refractivity contribution in [1.29, 1.82) is 0 Å². The first-order valence-electron chi connectivity index (χ1n) is 6.00. The molecule has 2 aromatic carbocycles. The van der Waals surface area contributed by atoms with Gasteiger partial charge in [0, 0.05) is 12.2 Å². The maximum atomic E-state index is 13.5. The van der Waals surface area contributed by atoms with E-state index in [1.54, 1.807) is 24.3 Å². The summed E-state index contributed by atoms with van der Waals surface area (Å²) >= 11 is 0. The molecule has 0 bridgehead atoms. The molecule has 0 amide bonds. The molecule has 0 saturated heterocycles. The lowest BCUT2D eigenvalue weighted by Gasteiger charge is -2.08. The number of ether oxygens (including phenoxy) is 1. The van der Waals surface area contributed by atoms with Crippen LogP contribution < -0.4 is 10.1 Å². The Labute approximate surface area is 115 Å². The van der Waals surface area contributed by atoms with E-state index in [4.69, 9.17) is 9.84 Å². The molecule has 0 aliphatic rings. The molecule has 104 valence electrons. The van der Waals surface area contributed by atoms with Gasteiger partial charge in [-0.3, -0.25) is 0 Å². The highest BCUT2D eigenvalue weighted by molar-refractivity contribution is 5.88. The van der Waals surface area contributed by atoms with Gasteiger partial charge < -0.3 is 15.2 Å². The van der Waals surface area contributed by atoms with Crippen molar-refractivity contribution in [1.82, 2.24) is 0 Å². The molecule has 0 atom stereocenters. The SMILES string of the molecule is COc1ccc(CNc2cccc(C(=O)O)c2)cc1F. The van der Waals surface area contributed by atoms with E-state index >= 15 is 0 Å². The van der Waals surface area contributed by atoms with E-state index in [0.717, 1.165) is 5.56 Å². The third-order valence-corrected chi connectivity index (χ3v) is 2.82. The first-order chi connectivity index (χ1) is 9.60. The summed E-state index contributed by atoms with van der Waals surface area (Å²) in [6.07, 6.45) is 0. The van der Waals surface area contributed by atoms with Crippen molar-refractivity contribution in [3.05, 3.63) is 59.4 Å². The summed E-state index contributed by atoms with van der Waals surface area (Å²) in [5.74, 6) is -1.21. The van der Waals surface area contributed by atoms with Crippen LogP contribution in [-0.2, 0) is 6.54 Å². The summed E-state index contributed by atoms with van der Waals surface area (Å²) in [5.41, 5.74) is 1.61. The summed E-state index contributed by atoms with van der Waals surface area (Å²) in [6, 6.07) is 11.1. The number of benzene rings is 2. The molecule has 0 spiro atoms. The molecule has 2 rings (SSSR count). The lowest BCUT2D eigenvalue weighted by Crippen LogP contribution is -2.02. The van der Waals surface area contributed by atoms with Crippen LogP contribution in [0.2, 0.25) is 0 Å². The molecule has 0 unspecified atom stereocenters. The van der Waals surface area contributed by atoms with Gasteiger partial charge in [0.1, 0.15) is 0 Å². The van der Waals surface area contributed by atoms with E-state index in [1.807, 2.05) is 0 Å². The van der Waals surface area contributed by atoms with Crippen LogP contribution in [0.15, 0.2) is 42.5 Å². The highest BCUT2D eigenvalue weighted by Gasteiger charge is 2.05. The second kappa shape index (κ2) is 6.06. The molecule has 2 N–H and O–H groups in total. The lowest BCUT2D eigenvalue weighted by atomic mass is 10.1. The number of carbonyl (C=O) groups is 1. The Bertz CT molecular complexity index is 628. The van der Waals surface area contributed by atoms with Gasteiger partial charge in [0.05, 0.1) is 12.7 Å². The molecule has 0 aliphatic carbocycles. The highest BCUT2D eigenvalue weighted by atomic mass is 19.1. The standard InChI is InChI=1S/C15H14FNO3/c1-20-14-6-5-10(7-13(14)16)9-17-12-4-2-3-11(8-12)15(18)19/h2-8,17H,9H2,1H3,(H,18,19). The molecule has 20 heavy (non-hydrogen) atoms. The number of hydrogen-bond donors (Lipinski definition) is 2. The van der Waals surface area contributed by atoms with Gasteiger partial charge in [-0.15, -0.1) is 0 Å². The highest BCUT2D eigenvalue weighted by Crippen LogP contribution is 2.19. The smallest absolute Gasteiger partial charge is 0.335 e. The summed E-state index contributed by atoms with van der Waals surface area (Å²) in [7, 11) is 1.41. The number of carboxylic acid groups (broad SMARTS) is 1. The van der Waals surface area contributed by atoms with Crippen LogP contribution in [0.5, 0.6) is 5.75 Å². The van der Waals surface area contributed by atoms with Crippen LogP contribution >= 0.6 is 0 Å². The topological polar surface area (TPSA) is 58.6 Å². The van der Waals surface area contributed by atoms with Gasteiger partial charge in [-0.1, -0.05) is 12.1 Å². The quantitative estimate of drug-likeness (QED) is 0.880. The van der Waals surface area contributed by atoms with Crippen LogP contribution in [0.3, 0.4) is 0 Å². The van der Waals surface area contributed by atoms with Crippen LogP contribution in [0, 0.1) is 5.82 Å². The summed E-state index contributed by atoms with van der Waals surface area (Å²) < 4.78 is 18.4. The first kappa shape index (κ1) is 13.9. The second-order valence-electron chi connectivity index (χ2n) is 4.21. The number of hydrogen-bond acceptors (Lipinski definition) is 3. The zero-order chi connectivity index (χ0) is 14.5. The fraction of sp³-hybridized carbons (Fsp3) is 0.133. The van der Waals surface area contributed by atoms with E-state index < -0.39 is 11.8 Å². The number of nitrogens with one attached hydrogen (secondary N) is 1.